The van der Waals surface area contributed by atoms with E-state index in [4.69, 9.17) is 14.2 Å². The molecule has 1 aromatic carbocycles. The second-order valence-corrected chi connectivity index (χ2v) is 4.70. The van der Waals surface area contributed by atoms with Crippen LogP contribution in [0.3, 0.4) is 0 Å². The lowest BCUT2D eigenvalue weighted by Crippen LogP contribution is -2.53. The number of hydrogen-bond acceptors (Lipinski definition) is 4. The van der Waals surface area contributed by atoms with Crippen LogP contribution in [-0.2, 0) is 19.7 Å². The number of carbonyl (C=O) groups is 1. The van der Waals surface area contributed by atoms with Gasteiger partial charge in [0.1, 0.15) is 11.2 Å². The van der Waals surface area contributed by atoms with E-state index in [-0.39, 0.29) is 5.97 Å². The summed E-state index contributed by atoms with van der Waals surface area (Å²) in [5.74, 6) is 0.446. The van der Waals surface area contributed by atoms with Crippen molar-refractivity contribution in [3.63, 3.8) is 0 Å². The van der Waals surface area contributed by atoms with E-state index in [1.54, 1.807) is 7.11 Å². The van der Waals surface area contributed by atoms with Gasteiger partial charge in [0.15, 0.2) is 0 Å². The molecule has 0 saturated carbocycles. The van der Waals surface area contributed by atoms with Crippen LogP contribution in [0.4, 0.5) is 0 Å². The molecule has 0 bridgehead atoms. The Hall–Kier alpha value is -1.55. The van der Waals surface area contributed by atoms with Crippen LogP contribution in [0.2, 0.25) is 0 Å². The van der Waals surface area contributed by atoms with Gasteiger partial charge in [-0.3, -0.25) is 4.79 Å². The number of hydrogen-bond donors (Lipinski definition) is 0. The van der Waals surface area contributed by atoms with E-state index in [1.165, 1.54) is 7.11 Å². The average molecular weight is 250 g/mol. The Bertz CT molecular complexity index is 475. The minimum atomic E-state index is -0.710. The largest absolute Gasteiger partial charge is 0.496 e. The molecule has 4 heteroatoms. The molecule has 0 unspecified atom stereocenters. The average Bonchev–Trinajstić information content (AvgIpc) is 2.31. The third-order valence-electron chi connectivity index (χ3n) is 3.60. The standard InChI is InChI=1S/C14H18O4/c1-9-5-11(12(16-3)6-10(9)2)14(7-18-8-14)13(15)17-4/h5-6H,7-8H2,1-4H3. The zero-order chi connectivity index (χ0) is 13.3. The molecule has 0 N–H and O–H groups in total. The van der Waals surface area contributed by atoms with Gasteiger partial charge < -0.3 is 14.2 Å². The molecule has 0 atom stereocenters. The molecule has 1 fully saturated rings. The molecule has 1 heterocycles. The van der Waals surface area contributed by atoms with Crippen molar-refractivity contribution in [1.82, 2.24) is 0 Å². The number of methoxy groups -OCH3 is 2. The summed E-state index contributed by atoms with van der Waals surface area (Å²) < 4.78 is 15.5. The lowest BCUT2D eigenvalue weighted by molar-refractivity contribution is -0.166. The highest BCUT2D eigenvalue weighted by atomic mass is 16.5. The topological polar surface area (TPSA) is 44.8 Å². The molecule has 0 aromatic heterocycles. The van der Waals surface area contributed by atoms with Crippen LogP contribution >= 0.6 is 0 Å². The minimum Gasteiger partial charge on any atom is -0.496 e. The molecule has 1 aliphatic heterocycles. The highest BCUT2D eigenvalue weighted by molar-refractivity contribution is 5.85. The Balaban J connectivity index is 2.55. The van der Waals surface area contributed by atoms with Crippen molar-refractivity contribution in [2.45, 2.75) is 19.3 Å². The first kappa shape index (κ1) is 12.9. The summed E-state index contributed by atoms with van der Waals surface area (Å²) in [5, 5.41) is 0. The summed E-state index contributed by atoms with van der Waals surface area (Å²) in [4.78, 5) is 12.0. The van der Waals surface area contributed by atoms with Crippen LogP contribution in [0.15, 0.2) is 12.1 Å². The highest BCUT2D eigenvalue weighted by Crippen LogP contribution is 2.40. The maximum atomic E-state index is 12.0. The van der Waals surface area contributed by atoms with E-state index in [9.17, 15) is 4.79 Å². The number of rotatable bonds is 3. The third kappa shape index (κ3) is 1.77. The fourth-order valence-electron chi connectivity index (χ4n) is 2.22. The van der Waals surface area contributed by atoms with Gasteiger partial charge in [-0.15, -0.1) is 0 Å². The number of aryl methyl sites for hydroxylation is 2. The van der Waals surface area contributed by atoms with Gasteiger partial charge in [0, 0.05) is 5.56 Å². The van der Waals surface area contributed by atoms with Gasteiger partial charge in [-0.2, -0.15) is 0 Å². The molecule has 1 aromatic rings. The van der Waals surface area contributed by atoms with E-state index in [0.29, 0.717) is 19.0 Å². The molecule has 2 rings (SSSR count). The van der Waals surface area contributed by atoms with Crippen LogP contribution in [0, 0.1) is 13.8 Å². The Kier molecular flexibility index (Phi) is 3.30. The summed E-state index contributed by atoms with van der Waals surface area (Å²) in [6.07, 6.45) is 0. The highest BCUT2D eigenvalue weighted by Gasteiger charge is 2.50. The van der Waals surface area contributed by atoms with E-state index < -0.39 is 5.41 Å². The van der Waals surface area contributed by atoms with Crippen molar-refractivity contribution in [3.8, 4) is 5.75 Å². The van der Waals surface area contributed by atoms with Crippen molar-refractivity contribution >= 4 is 5.97 Å². The quantitative estimate of drug-likeness (QED) is 0.767. The number of benzene rings is 1. The molecule has 4 nitrogen and oxygen atoms in total. The molecular weight excluding hydrogens is 232 g/mol. The maximum absolute atomic E-state index is 12.0. The van der Waals surface area contributed by atoms with E-state index in [2.05, 4.69) is 0 Å². The summed E-state index contributed by atoms with van der Waals surface area (Å²) in [6, 6.07) is 3.95. The van der Waals surface area contributed by atoms with Crippen molar-refractivity contribution in [1.29, 1.82) is 0 Å². The normalized spacial score (nSPS) is 16.9. The SMILES string of the molecule is COC(=O)C1(c2cc(C)c(C)cc2OC)COC1. The molecule has 98 valence electrons. The van der Waals surface area contributed by atoms with Crippen molar-refractivity contribution in [3.05, 3.63) is 28.8 Å². The zero-order valence-electron chi connectivity index (χ0n) is 11.2. The Morgan fingerprint density at radius 2 is 1.83 bits per heavy atom. The Labute approximate surface area is 107 Å². The molecule has 0 spiro atoms. The first-order valence-electron chi connectivity index (χ1n) is 5.87. The smallest absolute Gasteiger partial charge is 0.321 e. The number of esters is 1. The van der Waals surface area contributed by atoms with Crippen LogP contribution in [0.25, 0.3) is 0 Å². The van der Waals surface area contributed by atoms with Crippen molar-refractivity contribution < 1.29 is 19.0 Å². The van der Waals surface area contributed by atoms with E-state index >= 15 is 0 Å². The summed E-state index contributed by atoms with van der Waals surface area (Å²) in [5.41, 5.74) is 2.40. The number of ether oxygens (including phenoxy) is 3. The van der Waals surface area contributed by atoms with E-state index in [0.717, 1.165) is 16.7 Å². The van der Waals surface area contributed by atoms with Gasteiger partial charge in [0.2, 0.25) is 0 Å². The molecular formula is C14H18O4. The van der Waals surface area contributed by atoms with Crippen molar-refractivity contribution in [2.24, 2.45) is 0 Å². The molecule has 0 radical (unpaired) electrons. The van der Waals surface area contributed by atoms with Crippen LogP contribution in [-0.4, -0.2) is 33.4 Å². The minimum absolute atomic E-state index is 0.268. The summed E-state index contributed by atoms with van der Waals surface area (Å²) in [6.45, 7) is 4.73. The van der Waals surface area contributed by atoms with E-state index in [1.807, 2.05) is 26.0 Å². The zero-order valence-corrected chi connectivity index (χ0v) is 11.2. The second kappa shape index (κ2) is 4.61. The van der Waals surface area contributed by atoms with Gasteiger partial charge in [0.05, 0.1) is 27.4 Å². The van der Waals surface area contributed by atoms with Crippen LogP contribution in [0.5, 0.6) is 5.75 Å². The fraction of sp³-hybridized carbons (Fsp3) is 0.500. The van der Waals surface area contributed by atoms with Gasteiger partial charge in [-0.25, -0.2) is 0 Å². The van der Waals surface area contributed by atoms with Crippen LogP contribution in [0.1, 0.15) is 16.7 Å². The molecule has 0 aliphatic carbocycles. The molecule has 1 aliphatic rings. The van der Waals surface area contributed by atoms with Gasteiger partial charge in [0.25, 0.3) is 0 Å². The van der Waals surface area contributed by atoms with Crippen molar-refractivity contribution in [2.75, 3.05) is 27.4 Å². The van der Waals surface area contributed by atoms with Gasteiger partial charge >= 0.3 is 5.97 Å². The first-order chi connectivity index (χ1) is 8.55. The monoisotopic (exact) mass is 250 g/mol. The Morgan fingerprint density at radius 1 is 1.22 bits per heavy atom. The second-order valence-electron chi connectivity index (χ2n) is 4.70. The predicted octanol–water partition coefficient (Wildman–Crippen LogP) is 1.75. The molecule has 0 amide bonds. The van der Waals surface area contributed by atoms with Crippen LogP contribution < -0.4 is 4.74 Å². The summed E-state index contributed by atoms with van der Waals surface area (Å²) >= 11 is 0. The lowest BCUT2D eigenvalue weighted by Gasteiger charge is -2.39. The predicted molar refractivity (Wildman–Crippen MR) is 67.0 cm³/mol. The molecule has 18 heavy (non-hydrogen) atoms. The maximum Gasteiger partial charge on any atom is 0.321 e. The van der Waals surface area contributed by atoms with Gasteiger partial charge in [-0.05, 0) is 31.0 Å². The first-order valence-corrected chi connectivity index (χ1v) is 5.87. The lowest BCUT2D eigenvalue weighted by atomic mass is 9.77. The number of carbonyl (C=O) groups excluding carboxylic acids is 1. The van der Waals surface area contributed by atoms with Gasteiger partial charge in [-0.1, -0.05) is 6.07 Å². The fourth-order valence-corrected chi connectivity index (χ4v) is 2.22. The summed E-state index contributed by atoms with van der Waals surface area (Å²) in [7, 11) is 3.01. The Morgan fingerprint density at radius 3 is 2.28 bits per heavy atom. The third-order valence-corrected chi connectivity index (χ3v) is 3.60. The molecule has 1 saturated heterocycles.